The van der Waals surface area contributed by atoms with E-state index in [-0.39, 0.29) is 34.0 Å². The minimum Gasteiger partial charge on any atom is -0.397 e. The number of likely N-dealkylation sites (N-methyl/N-ethyl adjacent to an activating group) is 1. The first-order valence-corrected chi connectivity index (χ1v) is 9.64. The van der Waals surface area contributed by atoms with Gasteiger partial charge in [0.05, 0.1) is 16.8 Å². The highest BCUT2D eigenvalue weighted by molar-refractivity contribution is 7.86. The van der Waals surface area contributed by atoms with Crippen LogP contribution >= 0.6 is 0 Å². The first kappa shape index (κ1) is 19.0. The summed E-state index contributed by atoms with van der Waals surface area (Å²) in [6.07, 6.45) is 0. The summed E-state index contributed by atoms with van der Waals surface area (Å²) in [5.41, 5.74) is 5.75. The summed E-state index contributed by atoms with van der Waals surface area (Å²) in [6.45, 7) is 2.33. The Balaban J connectivity index is 2.33. The highest BCUT2D eigenvalue weighted by Gasteiger charge is 2.36. The topological polar surface area (TPSA) is 139 Å². The van der Waals surface area contributed by atoms with Gasteiger partial charge >= 0.3 is 0 Å². The Morgan fingerprint density at radius 3 is 2.19 bits per heavy atom. The summed E-state index contributed by atoms with van der Waals surface area (Å²) in [5.74, 6) is -1.000. The number of anilines is 2. The maximum Gasteiger partial charge on any atom is 0.296 e. The number of rotatable bonds is 5. The molecule has 0 amide bonds. The van der Waals surface area contributed by atoms with E-state index in [1.165, 1.54) is 12.1 Å². The molecule has 0 spiro atoms. The summed E-state index contributed by atoms with van der Waals surface area (Å²) in [5, 5.41) is 5.98. The second-order valence-corrected chi connectivity index (χ2v) is 7.76. The van der Waals surface area contributed by atoms with Crippen LogP contribution in [0.2, 0.25) is 0 Å². The van der Waals surface area contributed by atoms with Crippen molar-refractivity contribution < 1.29 is 22.6 Å². The highest BCUT2D eigenvalue weighted by atomic mass is 32.2. The standard InChI is InChI=1S/C18H19N3O5S/c1-9(8-20-2)21-12-7-13(27(24,25)26)16(19)15-14(12)17(22)10-5-3-4-6-11(10)18(15)23/h3-7,9,20-21H,8,19H2,1-2H3,(H,24,25,26). The quantitative estimate of drug-likeness (QED) is 0.378. The normalized spacial score (nSPS) is 14.5. The maximum absolute atomic E-state index is 13.1. The van der Waals surface area contributed by atoms with E-state index in [9.17, 15) is 22.6 Å². The van der Waals surface area contributed by atoms with Crippen LogP contribution < -0.4 is 16.4 Å². The van der Waals surface area contributed by atoms with Gasteiger partial charge in [-0.15, -0.1) is 0 Å². The molecule has 1 atom stereocenters. The Morgan fingerprint density at radius 1 is 1.11 bits per heavy atom. The van der Waals surface area contributed by atoms with E-state index in [1.807, 2.05) is 6.92 Å². The monoisotopic (exact) mass is 389 g/mol. The van der Waals surface area contributed by atoms with Gasteiger partial charge in [0, 0.05) is 29.4 Å². The molecule has 0 aliphatic heterocycles. The largest absolute Gasteiger partial charge is 0.397 e. The smallest absolute Gasteiger partial charge is 0.296 e. The predicted molar refractivity (Wildman–Crippen MR) is 101 cm³/mol. The number of benzene rings is 2. The zero-order valence-corrected chi connectivity index (χ0v) is 15.6. The van der Waals surface area contributed by atoms with Crippen molar-refractivity contribution >= 4 is 33.1 Å². The van der Waals surface area contributed by atoms with Crippen LogP contribution in [0.25, 0.3) is 0 Å². The van der Waals surface area contributed by atoms with Gasteiger partial charge in [-0.25, -0.2) is 0 Å². The third kappa shape index (κ3) is 3.20. The molecule has 1 unspecified atom stereocenters. The van der Waals surface area contributed by atoms with Gasteiger partial charge in [-0.05, 0) is 20.0 Å². The molecule has 0 bridgehead atoms. The molecule has 2 aromatic rings. The second kappa shape index (κ2) is 6.76. The Bertz CT molecular complexity index is 1060. The first-order valence-electron chi connectivity index (χ1n) is 8.20. The number of carbonyl (C=O) groups is 2. The number of nitrogens with one attached hydrogen (secondary N) is 2. The van der Waals surface area contributed by atoms with Crippen LogP contribution in [-0.4, -0.2) is 44.2 Å². The highest BCUT2D eigenvalue weighted by Crippen LogP contribution is 2.39. The number of hydrogen-bond acceptors (Lipinski definition) is 7. The van der Waals surface area contributed by atoms with Crippen molar-refractivity contribution in [3.8, 4) is 0 Å². The van der Waals surface area contributed by atoms with Crippen molar-refractivity contribution in [2.75, 3.05) is 24.6 Å². The number of nitrogens with two attached hydrogens (primary N) is 1. The van der Waals surface area contributed by atoms with Crippen molar-refractivity contribution in [1.29, 1.82) is 0 Å². The molecule has 2 aromatic carbocycles. The van der Waals surface area contributed by atoms with Crippen molar-refractivity contribution in [3.05, 3.63) is 52.6 Å². The van der Waals surface area contributed by atoms with Gasteiger partial charge in [0.2, 0.25) is 0 Å². The molecule has 0 radical (unpaired) electrons. The molecule has 9 heteroatoms. The number of hydrogen-bond donors (Lipinski definition) is 4. The molecule has 3 rings (SSSR count). The van der Waals surface area contributed by atoms with Gasteiger partial charge in [0.25, 0.3) is 10.1 Å². The molecular formula is C18H19N3O5S. The maximum atomic E-state index is 13.1. The lowest BCUT2D eigenvalue weighted by Crippen LogP contribution is -2.31. The van der Waals surface area contributed by atoms with Crippen LogP contribution in [0.15, 0.2) is 35.2 Å². The molecule has 8 nitrogen and oxygen atoms in total. The predicted octanol–water partition coefficient (Wildman–Crippen LogP) is 1.31. The van der Waals surface area contributed by atoms with Gasteiger partial charge in [0.1, 0.15) is 4.90 Å². The van der Waals surface area contributed by atoms with Crippen molar-refractivity contribution in [2.24, 2.45) is 0 Å². The summed E-state index contributed by atoms with van der Waals surface area (Å²) < 4.78 is 33.1. The van der Waals surface area contributed by atoms with E-state index < -0.39 is 32.3 Å². The second-order valence-electron chi connectivity index (χ2n) is 6.37. The minimum absolute atomic E-state index is 0.00607. The Hall–Kier alpha value is -2.75. The average molecular weight is 389 g/mol. The number of fused-ring (bicyclic) bond motifs is 2. The molecule has 27 heavy (non-hydrogen) atoms. The van der Waals surface area contributed by atoms with Crippen LogP contribution in [0.5, 0.6) is 0 Å². The van der Waals surface area contributed by atoms with Crippen molar-refractivity contribution in [2.45, 2.75) is 17.9 Å². The molecular weight excluding hydrogens is 370 g/mol. The van der Waals surface area contributed by atoms with E-state index in [2.05, 4.69) is 10.6 Å². The molecule has 0 aromatic heterocycles. The summed E-state index contributed by atoms with van der Waals surface area (Å²) in [6, 6.07) is 7.15. The van der Waals surface area contributed by atoms with E-state index in [4.69, 9.17) is 5.73 Å². The van der Waals surface area contributed by atoms with E-state index >= 15 is 0 Å². The summed E-state index contributed by atoms with van der Waals surface area (Å²) in [7, 11) is -2.96. The van der Waals surface area contributed by atoms with Gasteiger partial charge in [0.15, 0.2) is 11.6 Å². The number of ketones is 2. The fourth-order valence-corrected chi connectivity index (χ4v) is 3.89. The van der Waals surface area contributed by atoms with Gasteiger partial charge in [-0.3, -0.25) is 14.1 Å². The van der Waals surface area contributed by atoms with Crippen LogP contribution in [-0.2, 0) is 10.1 Å². The zero-order chi connectivity index (χ0) is 19.9. The van der Waals surface area contributed by atoms with Crippen LogP contribution in [0.1, 0.15) is 38.8 Å². The fourth-order valence-electron chi connectivity index (χ4n) is 3.24. The van der Waals surface area contributed by atoms with Crippen molar-refractivity contribution in [1.82, 2.24) is 5.32 Å². The SMILES string of the molecule is CNCC(C)Nc1cc(S(=O)(=O)O)c(N)c2c1C(=O)c1ccccc1C2=O. The number of carbonyl (C=O) groups excluding carboxylic acids is 2. The first-order chi connectivity index (χ1) is 12.7. The van der Waals surface area contributed by atoms with Gasteiger partial charge in [-0.2, -0.15) is 8.42 Å². The molecule has 1 aliphatic carbocycles. The summed E-state index contributed by atoms with van der Waals surface area (Å²) >= 11 is 0. The van der Waals surface area contributed by atoms with Crippen LogP contribution in [0, 0.1) is 0 Å². The summed E-state index contributed by atoms with van der Waals surface area (Å²) in [4.78, 5) is 25.4. The van der Waals surface area contributed by atoms with Crippen LogP contribution in [0.4, 0.5) is 11.4 Å². The van der Waals surface area contributed by atoms with Crippen molar-refractivity contribution in [3.63, 3.8) is 0 Å². The minimum atomic E-state index is -4.70. The molecule has 0 saturated heterocycles. The molecule has 0 fully saturated rings. The molecule has 0 saturated carbocycles. The Labute approximate surface area is 156 Å². The lowest BCUT2D eigenvalue weighted by molar-refractivity contribution is 0.0980. The third-order valence-electron chi connectivity index (χ3n) is 4.39. The Morgan fingerprint density at radius 2 is 1.67 bits per heavy atom. The van der Waals surface area contributed by atoms with E-state index in [1.54, 1.807) is 19.2 Å². The van der Waals surface area contributed by atoms with Gasteiger partial charge in [-0.1, -0.05) is 24.3 Å². The molecule has 0 heterocycles. The van der Waals surface area contributed by atoms with E-state index in [0.717, 1.165) is 6.07 Å². The number of nitrogen functional groups attached to an aromatic ring is 1. The zero-order valence-electron chi connectivity index (χ0n) is 14.7. The lowest BCUT2D eigenvalue weighted by atomic mass is 9.82. The molecule has 5 N–H and O–H groups in total. The lowest BCUT2D eigenvalue weighted by Gasteiger charge is -2.25. The molecule has 142 valence electrons. The van der Waals surface area contributed by atoms with Crippen LogP contribution in [0.3, 0.4) is 0 Å². The fraction of sp³-hybridized carbons (Fsp3) is 0.222. The van der Waals surface area contributed by atoms with E-state index in [0.29, 0.717) is 6.54 Å². The van der Waals surface area contributed by atoms with Gasteiger partial charge < -0.3 is 16.4 Å². The molecule has 1 aliphatic rings. The Kier molecular flexibility index (Phi) is 4.77. The average Bonchev–Trinajstić information content (AvgIpc) is 2.60. The third-order valence-corrected chi connectivity index (χ3v) is 5.28.